The van der Waals surface area contributed by atoms with Gasteiger partial charge >= 0.3 is 5.97 Å². The molecule has 0 amide bonds. The molecule has 4 rings (SSSR count). The fourth-order valence-electron chi connectivity index (χ4n) is 2.82. The number of aromatic nitrogens is 6. The van der Waals surface area contributed by atoms with Gasteiger partial charge in [-0.2, -0.15) is 10.2 Å². The minimum absolute atomic E-state index is 0.0549. The molecule has 0 aliphatic carbocycles. The summed E-state index contributed by atoms with van der Waals surface area (Å²) >= 11 is 0. The Labute approximate surface area is 158 Å². The standard InChI is InChI=1S/C18H16FN7O2/c1-11-14(8-23-26(11)15-6-4-3-5-13(15)19)24-17-12-7-22-25(9-16(27)28-2)18(12)21-10-20-17/h3-8,10H,9H2,1-2H3,(H,20,21,24). The highest BCUT2D eigenvalue weighted by Crippen LogP contribution is 2.26. The van der Waals surface area contributed by atoms with Crippen molar-refractivity contribution in [3.8, 4) is 5.69 Å². The third-order valence-electron chi connectivity index (χ3n) is 4.28. The van der Waals surface area contributed by atoms with Gasteiger partial charge in [-0.3, -0.25) is 4.79 Å². The van der Waals surface area contributed by atoms with Gasteiger partial charge in [0.1, 0.15) is 30.2 Å². The maximum atomic E-state index is 14.1. The average Bonchev–Trinajstić information content (AvgIpc) is 3.27. The van der Waals surface area contributed by atoms with Crippen LogP contribution in [-0.4, -0.2) is 42.6 Å². The summed E-state index contributed by atoms with van der Waals surface area (Å²) in [4.78, 5) is 20.0. The second kappa shape index (κ2) is 7.06. The fraction of sp³-hybridized carbons (Fsp3) is 0.167. The molecule has 0 unspecified atom stereocenters. The number of carbonyl (C=O) groups excluding carboxylic acids is 1. The van der Waals surface area contributed by atoms with E-state index in [2.05, 4.69) is 30.2 Å². The predicted molar refractivity (Wildman–Crippen MR) is 98.9 cm³/mol. The second-order valence-electron chi connectivity index (χ2n) is 5.97. The minimum Gasteiger partial charge on any atom is -0.468 e. The molecule has 0 saturated heterocycles. The zero-order valence-electron chi connectivity index (χ0n) is 15.1. The zero-order chi connectivity index (χ0) is 19.7. The monoisotopic (exact) mass is 381 g/mol. The molecule has 10 heteroatoms. The molecule has 28 heavy (non-hydrogen) atoms. The van der Waals surface area contributed by atoms with Crippen LogP contribution in [0.2, 0.25) is 0 Å². The normalized spacial score (nSPS) is 11.0. The van der Waals surface area contributed by atoms with Crippen molar-refractivity contribution < 1.29 is 13.9 Å². The van der Waals surface area contributed by atoms with Crippen molar-refractivity contribution in [2.24, 2.45) is 0 Å². The van der Waals surface area contributed by atoms with E-state index in [9.17, 15) is 9.18 Å². The number of rotatable bonds is 5. The summed E-state index contributed by atoms with van der Waals surface area (Å²) in [6.07, 6.45) is 4.53. The van der Waals surface area contributed by atoms with Gasteiger partial charge in [-0.05, 0) is 19.1 Å². The third kappa shape index (κ3) is 3.04. The molecule has 0 aliphatic heterocycles. The highest BCUT2D eigenvalue weighted by molar-refractivity contribution is 5.89. The average molecular weight is 381 g/mol. The molecule has 0 aliphatic rings. The first kappa shape index (κ1) is 17.6. The van der Waals surface area contributed by atoms with E-state index in [0.717, 1.165) is 0 Å². The summed E-state index contributed by atoms with van der Waals surface area (Å²) < 4.78 is 21.7. The number of esters is 1. The minimum atomic E-state index is -0.430. The van der Waals surface area contributed by atoms with Crippen molar-refractivity contribution in [3.05, 3.63) is 54.5 Å². The van der Waals surface area contributed by atoms with E-state index in [1.807, 2.05) is 6.92 Å². The Kier molecular flexibility index (Phi) is 4.44. The van der Waals surface area contributed by atoms with Gasteiger partial charge in [0.15, 0.2) is 5.65 Å². The first-order valence-corrected chi connectivity index (χ1v) is 8.38. The van der Waals surface area contributed by atoms with Gasteiger partial charge in [0.2, 0.25) is 0 Å². The van der Waals surface area contributed by atoms with E-state index in [-0.39, 0.29) is 12.4 Å². The molecule has 0 radical (unpaired) electrons. The smallest absolute Gasteiger partial charge is 0.327 e. The number of hydrogen-bond acceptors (Lipinski definition) is 7. The number of fused-ring (bicyclic) bond motifs is 1. The van der Waals surface area contributed by atoms with Crippen LogP contribution < -0.4 is 5.32 Å². The van der Waals surface area contributed by atoms with Crippen molar-refractivity contribution in [1.82, 2.24) is 29.5 Å². The Bertz CT molecular complexity index is 1170. The number of anilines is 2. The molecular weight excluding hydrogens is 365 g/mol. The van der Waals surface area contributed by atoms with Gasteiger partial charge in [0.05, 0.1) is 36.3 Å². The Morgan fingerprint density at radius 1 is 1.21 bits per heavy atom. The van der Waals surface area contributed by atoms with Crippen LogP contribution in [0.15, 0.2) is 43.0 Å². The number of methoxy groups -OCH3 is 1. The van der Waals surface area contributed by atoms with Crippen LogP contribution in [0, 0.1) is 12.7 Å². The van der Waals surface area contributed by atoms with Gasteiger partial charge in [-0.15, -0.1) is 0 Å². The number of halogens is 1. The molecule has 0 fully saturated rings. The highest BCUT2D eigenvalue weighted by atomic mass is 19.1. The first-order valence-electron chi connectivity index (χ1n) is 8.38. The second-order valence-corrected chi connectivity index (χ2v) is 5.97. The van der Waals surface area contributed by atoms with Crippen molar-refractivity contribution in [1.29, 1.82) is 0 Å². The SMILES string of the molecule is COC(=O)Cn1ncc2c(Nc3cnn(-c4ccccc4F)c3C)ncnc21. The number of hydrogen-bond donors (Lipinski definition) is 1. The molecule has 0 saturated carbocycles. The van der Waals surface area contributed by atoms with E-state index in [1.165, 1.54) is 28.9 Å². The topological polar surface area (TPSA) is 99.8 Å². The number of carbonyl (C=O) groups is 1. The highest BCUT2D eigenvalue weighted by Gasteiger charge is 2.16. The number of ether oxygens (including phenoxy) is 1. The quantitative estimate of drug-likeness (QED) is 0.530. The Morgan fingerprint density at radius 3 is 2.82 bits per heavy atom. The van der Waals surface area contributed by atoms with Crippen molar-refractivity contribution >= 4 is 28.5 Å². The van der Waals surface area contributed by atoms with Gasteiger partial charge in [-0.25, -0.2) is 23.7 Å². The first-order chi connectivity index (χ1) is 13.6. The summed E-state index contributed by atoms with van der Waals surface area (Å²) in [5.41, 5.74) is 2.21. The predicted octanol–water partition coefficient (Wildman–Crippen LogP) is 2.38. The van der Waals surface area contributed by atoms with Crippen LogP contribution in [0.3, 0.4) is 0 Å². The molecule has 142 valence electrons. The molecule has 0 spiro atoms. The number of benzene rings is 1. The fourth-order valence-corrected chi connectivity index (χ4v) is 2.82. The van der Waals surface area contributed by atoms with Gasteiger partial charge in [0, 0.05) is 0 Å². The van der Waals surface area contributed by atoms with Crippen LogP contribution in [0.25, 0.3) is 16.7 Å². The van der Waals surface area contributed by atoms with Crippen molar-refractivity contribution in [2.45, 2.75) is 13.5 Å². The van der Waals surface area contributed by atoms with Gasteiger partial charge < -0.3 is 10.1 Å². The molecule has 4 aromatic rings. The van der Waals surface area contributed by atoms with Crippen LogP contribution in [0.1, 0.15) is 5.69 Å². The molecule has 0 bridgehead atoms. The molecule has 0 atom stereocenters. The third-order valence-corrected chi connectivity index (χ3v) is 4.28. The lowest BCUT2D eigenvalue weighted by Crippen LogP contribution is -2.13. The van der Waals surface area contributed by atoms with Gasteiger partial charge in [-0.1, -0.05) is 12.1 Å². The van der Waals surface area contributed by atoms with Crippen molar-refractivity contribution in [2.75, 3.05) is 12.4 Å². The summed E-state index contributed by atoms with van der Waals surface area (Å²) in [5.74, 6) is -0.300. The summed E-state index contributed by atoms with van der Waals surface area (Å²) in [6, 6.07) is 6.41. The van der Waals surface area contributed by atoms with E-state index in [4.69, 9.17) is 0 Å². The van der Waals surface area contributed by atoms with Crippen LogP contribution in [0.4, 0.5) is 15.9 Å². The molecular formula is C18H16FN7O2. The summed E-state index contributed by atoms with van der Waals surface area (Å²) in [5, 5.41) is 12.3. The van der Waals surface area contributed by atoms with Crippen LogP contribution in [0.5, 0.6) is 0 Å². The van der Waals surface area contributed by atoms with E-state index in [1.54, 1.807) is 30.6 Å². The Hall–Kier alpha value is -3.82. The maximum Gasteiger partial charge on any atom is 0.327 e. The Balaban J connectivity index is 1.68. The van der Waals surface area contributed by atoms with Crippen molar-refractivity contribution in [3.63, 3.8) is 0 Å². The molecule has 3 aromatic heterocycles. The maximum absolute atomic E-state index is 14.1. The van der Waals surface area contributed by atoms with Gasteiger partial charge in [0.25, 0.3) is 0 Å². The zero-order valence-corrected chi connectivity index (χ0v) is 15.1. The van der Waals surface area contributed by atoms with E-state index in [0.29, 0.717) is 33.9 Å². The van der Waals surface area contributed by atoms with Crippen LogP contribution in [-0.2, 0) is 16.1 Å². The number of nitrogens with one attached hydrogen (secondary N) is 1. The molecule has 1 aromatic carbocycles. The largest absolute Gasteiger partial charge is 0.468 e. The molecule has 1 N–H and O–H groups in total. The number of para-hydroxylation sites is 1. The Morgan fingerprint density at radius 2 is 2.04 bits per heavy atom. The number of nitrogens with zero attached hydrogens (tertiary/aromatic N) is 6. The van der Waals surface area contributed by atoms with E-state index < -0.39 is 5.97 Å². The molecule has 3 heterocycles. The lowest BCUT2D eigenvalue weighted by atomic mass is 10.3. The molecule has 9 nitrogen and oxygen atoms in total. The summed E-state index contributed by atoms with van der Waals surface area (Å²) in [6.45, 7) is 1.77. The van der Waals surface area contributed by atoms with Crippen LogP contribution >= 0.6 is 0 Å². The summed E-state index contributed by atoms with van der Waals surface area (Å²) in [7, 11) is 1.31. The van der Waals surface area contributed by atoms with E-state index >= 15 is 0 Å². The lowest BCUT2D eigenvalue weighted by molar-refractivity contribution is -0.141. The lowest BCUT2D eigenvalue weighted by Gasteiger charge is -2.08.